The lowest BCUT2D eigenvalue weighted by molar-refractivity contribution is 0.802. The number of benzene rings is 2. The highest BCUT2D eigenvalue weighted by molar-refractivity contribution is 6.08. The molecule has 3 aromatic rings. The second-order valence-corrected chi connectivity index (χ2v) is 5.38. The summed E-state index contributed by atoms with van der Waals surface area (Å²) in [5, 5.41) is 8.02. The standard InChI is InChI=1S/C18H15N.3C2H6/c1-12-6-7-15-13-4-2-3-5-14(13)16-8-9-19-11-18(16)17(15)10-12;3*1-2/h2-5,7-12H,6H2,1H3;3*1-2H3. The molecule has 1 heterocycles. The normalized spacial score (nSPS) is 14.3. The van der Waals surface area contributed by atoms with Crippen molar-refractivity contribution in [3.63, 3.8) is 0 Å². The van der Waals surface area contributed by atoms with Gasteiger partial charge in [-0.15, -0.1) is 0 Å². The number of nitrogens with zero attached hydrogens (tertiary/aromatic N) is 1. The molecule has 1 unspecified atom stereocenters. The minimum absolute atomic E-state index is 0.608. The Bertz CT molecular complexity index is 906. The summed E-state index contributed by atoms with van der Waals surface area (Å²) in [5.41, 5.74) is 0. The van der Waals surface area contributed by atoms with Gasteiger partial charge in [0, 0.05) is 17.8 Å². The van der Waals surface area contributed by atoms with E-state index in [1.807, 2.05) is 53.9 Å². The molecule has 4 rings (SSSR count). The molecule has 1 nitrogen and oxygen atoms in total. The van der Waals surface area contributed by atoms with Gasteiger partial charge < -0.3 is 0 Å². The van der Waals surface area contributed by atoms with Crippen molar-refractivity contribution in [2.45, 2.75) is 54.9 Å². The molecule has 1 aromatic heterocycles. The molecule has 0 fully saturated rings. The molecule has 2 aromatic carbocycles. The van der Waals surface area contributed by atoms with Crippen LogP contribution in [-0.4, -0.2) is 4.98 Å². The zero-order valence-electron chi connectivity index (χ0n) is 16.9. The van der Waals surface area contributed by atoms with Gasteiger partial charge in [-0.3, -0.25) is 4.98 Å². The van der Waals surface area contributed by atoms with E-state index in [9.17, 15) is 0 Å². The quantitative estimate of drug-likeness (QED) is 0.454. The minimum Gasteiger partial charge on any atom is -0.264 e. The van der Waals surface area contributed by atoms with Crippen LogP contribution in [0.15, 0.2) is 42.7 Å². The molecule has 0 aliphatic heterocycles. The second-order valence-electron chi connectivity index (χ2n) is 5.38. The van der Waals surface area contributed by atoms with E-state index in [0.29, 0.717) is 5.92 Å². The second kappa shape index (κ2) is 10.7. The molecular weight excluding hydrogens is 302 g/mol. The van der Waals surface area contributed by atoms with E-state index in [0.717, 1.165) is 6.42 Å². The van der Waals surface area contributed by atoms with Crippen LogP contribution in [0.3, 0.4) is 0 Å². The molecular formula is C24H33N. The van der Waals surface area contributed by atoms with E-state index in [1.54, 1.807) is 0 Å². The maximum Gasteiger partial charge on any atom is 0.0352 e. The molecule has 134 valence electrons. The molecule has 1 heteroatoms. The highest BCUT2D eigenvalue weighted by Crippen LogP contribution is 2.21. The van der Waals surface area contributed by atoms with Crippen molar-refractivity contribution >= 4 is 33.7 Å². The molecule has 0 bridgehead atoms. The van der Waals surface area contributed by atoms with Gasteiger partial charge in [0.25, 0.3) is 0 Å². The van der Waals surface area contributed by atoms with Crippen molar-refractivity contribution in [2.75, 3.05) is 0 Å². The number of hydrogen-bond donors (Lipinski definition) is 0. The molecule has 0 saturated heterocycles. The van der Waals surface area contributed by atoms with Gasteiger partial charge >= 0.3 is 0 Å². The van der Waals surface area contributed by atoms with Gasteiger partial charge in [0.15, 0.2) is 0 Å². The van der Waals surface area contributed by atoms with Gasteiger partial charge in [0.1, 0.15) is 0 Å². The Kier molecular flexibility index (Phi) is 8.91. The summed E-state index contributed by atoms with van der Waals surface area (Å²) in [6, 6.07) is 10.8. The van der Waals surface area contributed by atoms with Gasteiger partial charge in [-0.2, -0.15) is 0 Å². The van der Waals surface area contributed by atoms with Gasteiger partial charge in [-0.05, 0) is 45.0 Å². The lowest BCUT2D eigenvalue weighted by atomic mass is 9.92. The van der Waals surface area contributed by atoms with Crippen LogP contribution in [0.1, 0.15) is 54.9 Å². The first kappa shape index (κ1) is 20.9. The zero-order chi connectivity index (χ0) is 18.8. The van der Waals surface area contributed by atoms with Crippen molar-refractivity contribution < 1.29 is 0 Å². The third-order valence-electron chi connectivity index (χ3n) is 4.05. The molecule has 0 N–H and O–H groups in total. The van der Waals surface area contributed by atoms with Crippen LogP contribution in [0, 0.1) is 5.92 Å². The smallest absolute Gasteiger partial charge is 0.0352 e. The number of pyridine rings is 1. The molecule has 0 saturated carbocycles. The molecule has 1 aliphatic carbocycles. The Balaban J connectivity index is 0.000000475. The van der Waals surface area contributed by atoms with E-state index in [-0.39, 0.29) is 0 Å². The largest absolute Gasteiger partial charge is 0.264 e. The van der Waals surface area contributed by atoms with Gasteiger partial charge in [-0.25, -0.2) is 0 Å². The van der Waals surface area contributed by atoms with Crippen LogP contribution in [0.5, 0.6) is 0 Å². The van der Waals surface area contributed by atoms with Crippen LogP contribution in [0.2, 0.25) is 0 Å². The Morgan fingerprint density at radius 1 is 0.760 bits per heavy atom. The predicted molar refractivity (Wildman–Crippen MR) is 115 cm³/mol. The number of rotatable bonds is 0. The SMILES string of the molecule is CC.CC.CC.CC1C=c2c(c3ccccc3c3ccncc23)=CC1. The maximum absolute atomic E-state index is 4.32. The van der Waals surface area contributed by atoms with Gasteiger partial charge in [-0.1, -0.05) is 84.9 Å². The molecule has 1 aliphatic rings. The van der Waals surface area contributed by atoms with Crippen LogP contribution in [-0.2, 0) is 0 Å². The van der Waals surface area contributed by atoms with Crippen molar-refractivity contribution in [1.29, 1.82) is 0 Å². The van der Waals surface area contributed by atoms with Crippen LogP contribution in [0.4, 0.5) is 0 Å². The lowest BCUT2D eigenvalue weighted by Crippen LogP contribution is -2.30. The number of aromatic nitrogens is 1. The molecule has 0 amide bonds. The van der Waals surface area contributed by atoms with Gasteiger partial charge in [0.05, 0.1) is 0 Å². The Morgan fingerprint density at radius 3 is 2.04 bits per heavy atom. The summed E-state index contributed by atoms with van der Waals surface area (Å²) in [6.45, 7) is 14.3. The molecule has 1 atom stereocenters. The van der Waals surface area contributed by atoms with Crippen molar-refractivity contribution in [1.82, 2.24) is 4.98 Å². The summed E-state index contributed by atoms with van der Waals surface area (Å²) in [6.07, 6.45) is 9.80. The zero-order valence-corrected chi connectivity index (χ0v) is 16.9. The highest BCUT2D eigenvalue weighted by Gasteiger charge is 2.09. The number of hydrogen-bond acceptors (Lipinski definition) is 1. The van der Waals surface area contributed by atoms with Crippen LogP contribution >= 0.6 is 0 Å². The van der Waals surface area contributed by atoms with E-state index in [4.69, 9.17) is 0 Å². The van der Waals surface area contributed by atoms with Gasteiger partial charge in [0.2, 0.25) is 0 Å². The maximum atomic E-state index is 4.32. The molecule has 0 spiro atoms. The Morgan fingerprint density at radius 2 is 1.36 bits per heavy atom. The highest BCUT2D eigenvalue weighted by atomic mass is 14.6. The first-order valence-electron chi connectivity index (χ1n) is 9.81. The summed E-state index contributed by atoms with van der Waals surface area (Å²) in [7, 11) is 0. The van der Waals surface area contributed by atoms with E-state index in [1.165, 1.54) is 32.0 Å². The average molecular weight is 336 g/mol. The first-order chi connectivity index (χ1) is 12.3. The Hall–Kier alpha value is -2.15. The summed E-state index contributed by atoms with van der Waals surface area (Å²) >= 11 is 0. The van der Waals surface area contributed by atoms with E-state index >= 15 is 0 Å². The van der Waals surface area contributed by atoms with Crippen LogP contribution < -0.4 is 10.4 Å². The fourth-order valence-electron chi connectivity index (χ4n) is 3.14. The van der Waals surface area contributed by atoms with Crippen molar-refractivity contribution in [3.8, 4) is 0 Å². The predicted octanol–water partition coefficient (Wildman–Crippen LogP) is 6.07. The summed E-state index contributed by atoms with van der Waals surface area (Å²) in [5.74, 6) is 0.608. The third-order valence-corrected chi connectivity index (χ3v) is 4.05. The molecule has 0 radical (unpaired) electrons. The fraction of sp³-hybridized carbons (Fsp3) is 0.375. The lowest BCUT2D eigenvalue weighted by Gasteiger charge is -2.13. The topological polar surface area (TPSA) is 12.9 Å². The molecule has 25 heavy (non-hydrogen) atoms. The number of fused-ring (bicyclic) bond motifs is 6. The minimum atomic E-state index is 0.608. The average Bonchev–Trinajstić information content (AvgIpc) is 2.72. The monoisotopic (exact) mass is 335 g/mol. The van der Waals surface area contributed by atoms with Crippen molar-refractivity contribution in [3.05, 3.63) is 53.2 Å². The van der Waals surface area contributed by atoms with Crippen molar-refractivity contribution in [2.24, 2.45) is 5.92 Å². The van der Waals surface area contributed by atoms with E-state index in [2.05, 4.69) is 54.4 Å². The summed E-state index contributed by atoms with van der Waals surface area (Å²) in [4.78, 5) is 4.32. The van der Waals surface area contributed by atoms with Crippen LogP contribution in [0.25, 0.3) is 33.7 Å². The fourth-order valence-corrected chi connectivity index (χ4v) is 3.14. The Labute approximate surface area is 153 Å². The third kappa shape index (κ3) is 4.28. The first-order valence-corrected chi connectivity index (χ1v) is 9.81. The van der Waals surface area contributed by atoms with E-state index < -0.39 is 0 Å². The summed E-state index contributed by atoms with van der Waals surface area (Å²) < 4.78 is 0.